The molecule has 0 saturated carbocycles. The predicted octanol–water partition coefficient (Wildman–Crippen LogP) is 3.88. The van der Waals surface area contributed by atoms with Crippen molar-refractivity contribution in [2.75, 3.05) is 11.8 Å². The maximum Gasteiger partial charge on any atom is 0.261 e. The highest BCUT2D eigenvalue weighted by atomic mass is 32.2. The van der Waals surface area contributed by atoms with Gasteiger partial charge in [-0.05, 0) is 55.5 Å². The molecule has 4 aromatic rings. The van der Waals surface area contributed by atoms with Crippen LogP contribution in [-0.2, 0) is 10.0 Å². The van der Waals surface area contributed by atoms with Gasteiger partial charge in [0.25, 0.3) is 10.0 Å². The Kier molecular flexibility index (Phi) is 4.67. The summed E-state index contributed by atoms with van der Waals surface area (Å²) in [5.41, 5.74) is 2.28. The smallest absolute Gasteiger partial charge is 0.261 e. The van der Waals surface area contributed by atoms with Gasteiger partial charge < -0.3 is 9.72 Å². The summed E-state index contributed by atoms with van der Waals surface area (Å²) in [5.74, 6) is -0.0608. The molecule has 0 spiro atoms. The van der Waals surface area contributed by atoms with E-state index in [0.29, 0.717) is 22.5 Å². The van der Waals surface area contributed by atoms with Gasteiger partial charge in [0.05, 0.1) is 23.4 Å². The molecule has 0 aliphatic carbocycles. The van der Waals surface area contributed by atoms with Gasteiger partial charge in [0.1, 0.15) is 23.5 Å². The Labute approximate surface area is 166 Å². The number of aromatic amines is 1. The third-order valence-electron chi connectivity index (χ3n) is 4.41. The molecule has 0 saturated heterocycles. The number of ether oxygens (including phenoxy) is 1. The number of methoxy groups -OCH3 is 1. The number of aromatic nitrogens is 3. The van der Waals surface area contributed by atoms with Crippen molar-refractivity contribution in [2.45, 2.75) is 11.8 Å². The maximum atomic E-state index is 14.8. The minimum atomic E-state index is -3.87. The summed E-state index contributed by atoms with van der Waals surface area (Å²) in [5, 5.41) is 0.690. The Morgan fingerprint density at radius 3 is 2.52 bits per heavy atom. The van der Waals surface area contributed by atoms with E-state index in [4.69, 9.17) is 4.74 Å². The fourth-order valence-corrected chi connectivity index (χ4v) is 4.07. The van der Waals surface area contributed by atoms with E-state index in [2.05, 4.69) is 19.7 Å². The molecule has 0 unspecified atom stereocenters. The van der Waals surface area contributed by atoms with Gasteiger partial charge in [-0.2, -0.15) is 0 Å². The number of rotatable bonds is 5. The van der Waals surface area contributed by atoms with E-state index in [-0.39, 0.29) is 16.1 Å². The van der Waals surface area contributed by atoms with Gasteiger partial charge >= 0.3 is 0 Å². The van der Waals surface area contributed by atoms with E-state index >= 15 is 0 Å². The predicted molar refractivity (Wildman–Crippen MR) is 108 cm³/mol. The number of aryl methyl sites for hydroxylation is 1. The average molecular weight is 412 g/mol. The molecule has 2 aromatic carbocycles. The summed E-state index contributed by atoms with van der Waals surface area (Å²) >= 11 is 0. The molecule has 2 N–H and O–H groups in total. The Morgan fingerprint density at radius 1 is 1.07 bits per heavy atom. The minimum Gasteiger partial charge on any atom is -0.497 e. The molecule has 0 amide bonds. The summed E-state index contributed by atoms with van der Waals surface area (Å²) in [6.07, 6.45) is 1.35. The zero-order valence-electron chi connectivity index (χ0n) is 15.6. The SMILES string of the molecule is COc1ccc(S(=O)(=O)Nc2ccc(-c3ncnc4[nH]c(C)cc34)c(F)c2)cc1. The number of benzene rings is 2. The van der Waals surface area contributed by atoms with Crippen LogP contribution in [0.3, 0.4) is 0 Å². The van der Waals surface area contributed by atoms with Crippen molar-refractivity contribution >= 4 is 26.7 Å². The molecule has 7 nitrogen and oxygen atoms in total. The Hall–Kier alpha value is -3.46. The summed E-state index contributed by atoms with van der Waals surface area (Å²) in [6, 6.07) is 11.9. The van der Waals surface area contributed by atoms with Crippen LogP contribution in [0.15, 0.2) is 59.8 Å². The number of anilines is 1. The maximum absolute atomic E-state index is 14.8. The number of hydrogen-bond acceptors (Lipinski definition) is 5. The van der Waals surface area contributed by atoms with Crippen LogP contribution in [0.1, 0.15) is 5.69 Å². The summed E-state index contributed by atoms with van der Waals surface area (Å²) < 4.78 is 47.3. The van der Waals surface area contributed by atoms with Crippen LogP contribution in [0.2, 0.25) is 0 Å². The number of H-pyrrole nitrogens is 1. The molecule has 0 fully saturated rings. The van der Waals surface area contributed by atoms with Crippen LogP contribution >= 0.6 is 0 Å². The van der Waals surface area contributed by atoms with Crippen LogP contribution in [-0.4, -0.2) is 30.5 Å². The molecule has 148 valence electrons. The van der Waals surface area contributed by atoms with Crippen molar-refractivity contribution in [3.63, 3.8) is 0 Å². The zero-order valence-corrected chi connectivity index (χ0v) is 16.4. The summed E-state index contributed by atoms with van der Waals surface area (Å²) in [7, 11) is -2.37. The lowest BCUT2D eigenvalue weighted by atomic mass is 10.1. The summed E-state index contributed by atoms with van der Waals surface area (Å²) in [6.45, 7) is 1.87. The van der Waals surface area contributed by atoms with Crippen LogP contribution in [0, 0.1) is 12.7 Å². The number of sulfonamides is 1. The van der Waals surface area contributed by atoms with Gasteiger partial charge in [0, 0.05) is 16.6 Å². The fourth-order valence-electron chi connectivity index (χ4n) is 3.03. The van der Waals surface area contributed by atoms with Crippen LogP contribution in [0.25, 0.3) is 22.3 Å². The average Bonchev–Trinajstić information content (AvgIpc) is 3.08. The van der Waals surface area contributed by atoms with Gasteiger partial charge in [-0.15, -0.1) is 0 Å². The van der Waals surface area contributed by atoms with Gasteiger partial charge in [-0.25, -0.2) is 22.8 Å². The molecule has 0 atom stereocenters. The molecule has 4 rings (SSSR count). The minimum absolute atomic E-state index is 0.0445. The number of nitrogens with one attached hydrogen (secondary N) is 2. The molecule has 2 aromatic heterocycles. The first-order chi connectivity index (χ1) is 13.9. The van der Waals surface area contributed by atoms with Crippen molar-refractivity contribution in [2.24, 2.45) is 0 Å². The molecular formula is C20H17FN4O3S. The zero-order chi connectivity index (χ0) is 20.6. The van der Waals surface area contributed by atoms with Crippen LogP contribution in [0.5, 0.6) is 5.75 Å². The first-order valence-electron chi connectivity index (χ1n) is 8.64. The monoisotopic (exact) mass is 412 g/mol. The van der Waals surface area contributed by atoms with Gasteiger partial charge in [0.2, 0.25) is 0 Å². The molecule has 0 aliphatic rings. The molecule has 0 aliphatic heterocycles. The number of fused-ring (bicyclic) bond motifs is 1. The van der Waals surface area contributed by atoms with Crippen molar-refractivity contribution in [3.05, 3.63) is 66.4 Å². The van der Waals surface area contributed by atoms with E-state index < -0.39 is 15.8 Å². The molecule has 0 radical (unpaired) electrons. The second-order valence-corrected chi connectivity index (χ2v) is 8.09. The van der Waals surface area contributed by atoms with E-state index in [9.17, 15) is 12.8 Å². The Bertz CT molecular complexity index is 1300. The van der Waals surface area contributed by atoms with Crippen molar-refractivity contribution in [3.8, 4) is 17.0 Å². The number of halogens is 1. The molecule has 2 heterocycles. The van der Waals surface area contributed by atoms with Gasteiger partial charge in [0.15, 0.2) is 0 Å². The molecule has 29 heavy (non-hydrogen) atoms. The first-order valence-corrected chi connectivity index (χ1v) is 10.1. The highest BCUT2D eigenvalue weighted by Gasteiger charge is 2.17. The van der Waals surface area contributed by atoms with E-state index in [1.807, 2.05) is 13.0 Å². The largest absolute Gasteiger partial charge is 0.497 e. The van der Waals surface area contributed by atoms with Gasteiger partial charge in [-0.3, -0.25) is 4.72 Å². The lowest BCUT2D eigenvalue weighted by Crippen LogP contribution is -2.13. The first kappa shape index (κ1) is 18.9. The number of hydrogen-bond donors (Lipinski definition) is 2. The second-order valence-electron chi connectivity index (χ2n) is 6.41. The number of nitrogens with zero attached hydrogens (tertiary/aromatic N) is 2. The Balaban J connectivity index is 1.66. The van der Waals surface area contributed by atoms with Crippen LogP contribution < -0.4 is 9.46 Å². The van der Waals surface area contributed by atoms with E-state index in [1.54, 1.807) is 0 Å². The molecule has 9 heteroatoms. The highest BCUT2D eigenvalue weighted by Crippen LogP contribution is 2.30. The van der Waals surface area contributed by atoms with E-state index in [0.717, 1.165) is 11.8 Å². The lowest BCUT2D eigenvalue weighted by Gasteiger charge is -2.10. The quantitative estimate of drug-likeness (QED) is 0.518. The standard InChI is InChI=1S/C20H17FN4O3S/c1-12-9-17-19(22-11-23-20(17)24-12)16-8-3-13(10-18(16)21)25-29(26,27)15-6-4-14(28-2)5-7-15/h3-11,25H,1-2H3,(H,22,23,24). The van der Waals surface area contributed by atoms with Crippen molar-refractivity contribution < 1.29 is 17.5 Å². The second kappa shape index (κ2) is 7.17. The third-order valence-corrected chi connectivity index (χ3v) is 5.80. The summed E-state index contributed by atoms with van der Waals surface area (Å²) in [4.78, 5) is 11.5. The van der Waals surface area contributed by atoms with E-state index in [1.165, 1.54) is 49.8 Å². The third kappa shape index (κ3) is 3.64. The highest BCUT2D eigenvalue weighted by molar-refractivity contribution is 7.92. The Morgan fingerprint density at radius 2 is 1.83 bits per heavy atom. The normalized spacial score (nSPS) is 11.6. The topological polar surface area (TPSA) is 97.0 Å². The van der Waals surface area contributed by atoms with Crippen molar-refractivity contribution in [1.29, 1.82) is 0 Å². The molecule has 0 bridgehead atoms. The molecular weight excluding hydrogens is 395 g/mol. The lowest BCUT2D eigenvalue weighted by molar-refractivity contribution is 0.414. The van der Waals surface area contributed by atoms with Gasteiger partial charge in [-0.1, -0.05) is 0 Å². The van der Waals surface area contributed by atoms with Crippen molar-refractivity contribution in [1.82, 2.24) is 15.0 Å². The fraction of sp³-hybridized carbons (Fsp3) is 0.100. The van der Waals surface area contributed by atoms with Crippen LogP contribution in [0.4, 0.5) is 10.1 Å².